The smallest absolute Gasteiger partial charge is 0.161 e. The number of hydrogen-bond acceptors (Lipinski definition) is 3. The molecule has 0 heterocycles. The number of rotatable bonds is 7. The minimum atomic E-state index is 0.637. The fourth-order valence-electron chi connectivity index (χ4n) is 2.16. The van der Waals surface area contributed by atoms with Gasteiger partial charge in [-0.05, 0) is 48.7 Å². The van der Waals surface area contributed by atoms with Crippen molar-refractivity contribution in [2.45, 2.75) is 26.8 Å². The Labute approximate surface area is 126 Å². The number of ether oxygens (including phenoxy) is 2. The molecule has 0 amide bonds. The molecular weight excluding hydrogens is 262 g/mol. The normalized spacial score (nSPS) is 10.2. The molecule has 0 aliphatic carbocycles. The highest BCUT2D eigenvalue weighted by Gasteiger charge is 2.05. The summed E-state index contributed by atoms with van der Waals surface area (Å²) in [6.07, 6.45) is 1.07. The van der Waals surface area contributed by atoms with Gasteiger partial charge in [0.25, 0.3) is 0 Å². The zero-order valence-corrected chi connectivity index (χ0v) is 13.0. The first-order chi connectivity index (χ1) is 10.3. The van der Waals surface area contributed by atoms with Gasteiger partial charge >= 0.3 is 0 Å². The number of methoxy groups -OCH3 is 1. The molecule has 21 heavy (non-hydrogen) atoms. The minimum Gasteiger partial charge on any atom is -0.493 e. The molecule has 2 rings (SSSR count). The largest absolute Gasteiger partial charge is 0.493 e. The first-order valence-electron chi connectivity index (χ1n) is 7.39. The van der Waals surface area contributed by atoms with E-state index in [9.17, 15) is 0 Å². The molecule has 3 heteroatoms. The molecular formula is C18H23NO2. The fraction of sp³-hybridized carbons (Fsp3) is 0.333. The van der Waals surface area contributed by atoms with Gasteiger partial charge < -0.3 is 14.8 Å². The lowest BCUT2D eigenvalue weighted by Gasteiger charge is -2.12. The number of aryl methyl sites for hydroxylation is 1. The van der Waals surface area contributed by atoms with Crippen LogP contribution < -0.4 is 14.8 Å². The molecule has 0 radical (unpaired) electrons. The van der Waals surface area contributed by atoms with E-state index in [2.05, 4.69) is 42.6 Å². The SMILES string of the molecule is CCOc1ccc(CNc2ccc(CC)cc2)cc1OC. The van der Waals surface area contributed by atoms with Gasteiger partial charge in [0.1, 0.15) is 0 Å². The van der Waals surface area contributed by atoms with Gasteiger partial charge in [0.2, 0.25) is 0 Å². The summed E-state index contributed by atoms with van der Waals surface area (Å²) in [5, 5.41) is 3.42. The van der Waals surface area contributed by atoms with Gasteiger partial charge in [-0.1, -0.05) is 25.1 Å². The molecule has 0 atom stereocenters. The van der Waals surface area contributed by atoms with Crippen molar-refractivity contribution in [2.24, 2.45) is 0 Å². The Kier molecular flexibility index (Phi) is 5.50. The van der Waals surface area contributed by atoms with Crippen LogP contribution >= 0.6 is 0 Å². The molecule has 0 fully saturated rings. The summed E-state index contributed by atoms with van der Waals surface area (Å²) in [6, 6.07) is 14.6. The molecule has 2 aromatic rings. The van der Waals surface area contributed by atoms with Crippen LogP contribution in [0, 0.1) is 0 Å². The predicted octanol–water partition coefficient (Wildman–Crippen LogP) is 4.27. The van der Waals surface area contributed by atoms with E-state index < -0.39 is 0 Å². The van der Waals surface area contributed by atoms with Crippen molar-refractivity contribution in [3.05, 3.63) is 53.6 Å². The maximum atomic E-state index is 5.53. The summed E-state index contributed by atoms with van der Waals surface area (Å²) in [7, 11) is 1.67. The second-order valence-corrected chi connectivity index (χ2v) is 4.82. The highest BCUT2D eigenvalue weighted by atomic mass is 16.5. The van der Waals surface area contributed by atoms with Crippen LogP contribution in [0.25, 0.3) is 0 Å². The molecule has 1 N–H and O–H groups in total. The standard InChI is InChI=1S/C18H23NO2/c1-4-14-6-9-16(10-7-14)19-13-15-8-11-17(21-5-2)18(12-15)20-3/h6-12,19H,4-5,13H2,1-3H3. The van der Waals surface area contributed by atoms with Crippen LogP contribution in [0.2, 0.25) is 0 Å². The van der Waals surface area contributed by atoms with Crippen molar-refractivity contribution in [2.75, 3.05) is 19.0 Å². The first-order valence-corrected chi connectivity index (χ1v) is 7.39. The van der Waals surface area contributed by atoms with Crippen LogP contribution in [0.15, 0.2) is 42.5 Å². The van der Waals surface area contributed by atoms with E-state index in [1.807, 2.05) is 19.1 Å². The van der Waals surface area contributed by atoms with Crippen LogP contribution in [-0.4, -0.2) is 13.7 Å². The average Bonchev–Trinajstić information content (AvgIpc) is 2.54. The van der Waals surface area contributed by atoms with Crippen molar-refractivity contribution >= 4 is 5.69 Å². The predicted molar refractivity (Wildman–Crippen MR) is 87.3 cm³/mol. The van der Waals surface area contributed by atoms with Gasteiger partial charge in [0, 0.05) is 12.2 Å². The zero-order chi connectivity index (χ0) is 15.1. The van der Waals surface area contributed by atoms with E-state index in [0.717, 1.165) is 35.7 Å². The lowest BCUT2D eigenvalue weighted by atomic mass is 10.1. The van der Waals surface area contributed by atoms with Gasteiger partial charge in [-0.3, -0.25) is 0 Å². The Balaban J connectivity index is 2.01. The van der Waals surface area contributed by atoms with Gasteiger partial charge in [-0.25, -0.2) is 0 Å². The maximum absolute atomic E-state index is 5.53. The fourth-order valence-corrected chi connectivity index (χ4v) is 2.16. The van der Waals surface area contributed by atoms with E-state index in [-0.39, 0.29) is 0 Å². The molecule has 0 aromatic heterocycles. The summed E-state index contributed by atoms with van der Waals surface area (Å²) in [5.74, 6) is 1.56. The average molecular weight is 285 g/mol. The Bertz CT molecular complexity index is 564. The topological polar surface area (TPSA) is 30.5 Å². The Hall–Kier alpha value is -2.16. The number of nitrogens with one attached hydrogen (secondary N) is 1. The second-order valence-electron chi connectivity index (χ2n) is 4.82. The van der Waals surface area contributed by atoms with E-state index in [1.54, 1.807) is 7.11 Å². The molecule has 0 saturated carbocycles. The van der Waals surface area contributed by atoms with E-state index in [1.165, 1.54) is 5.56 Å². The van der Waals surface area contributed by atoms with Crippen molar-refractivity contribution in [1.82, 2.24) is 0 Å². The first kappa shape index (κ1) is 15.2. The molecule has 0 unspecified atom stereocenters. The van der Waals surface area contributed by atoms with E-state index in [0.29, 0.717) is 6.61 Å². The highest BCUT2D eigenvalue weighted by molar-refractivity contribution is 5.47. The highest BCUT2D eigenvalue weighted by Crippen LogP contribution is 2.28. The van der Waals surface area contributed by atoms with Gasteiger partial charge in [-0.2, -0.15) is 0 Å². The van der Waals surface area contributed by atoms with Crippen LogP contribution in [0.1, 0.15) is 25.0 Å². The zero-order valence-electron chi connectivity index (χ0n) is 13.0. The molecule has 0 aliphatic heterocycles. The molecule has 2 aromatic carbocycles. The molecule has 3 nitrogen and oxygen atoms in total. The number of hydrogen-bond donors (Lipinski definition) is 1. The maximum Gasteiger partial charge on any atom is 0.161 e. The van der Waals surface area contributed by atoms with Crippen molar-refractivity contribution in [3.63, 3.8) is 0 Å². The van der Waals surface area contributed by atoms with Crippen LogP contribution in [0.3, 0.4) is 0 Å². The van der Waals surface area contributed by atoms with Gasteiger partial charge in [-0.15, -0.1) is 0 Å². The third kappa shape index (κ3) is 4.15. The summed E-state index contributed by atoms with van der Waals surface area (Å²) in [6.45, 7) is 5.52. The number of benzene rings is 2. The summed E-state index contributed by atoms with van der Waals surface area (Å²) >= 11 is 0. The monoisotopic (exact) mass is 285 g/mol. The number of anilines is 1. The Morgan fingerprint density at radius 1 is 0.905 bits per heavy atom. The lowest BCUT2D eigenvalue weighted by Crippen LogP contribution is -2.01. The van der Waals surface area contributed by atoms with Crippen molar-refractivity contribution in [3.8, 4) is 11.5 Å². The molecule has 112 valence electrons. The summed E-state index contributed by atoms with van der Waals surface area (Å²) in [5.41, 5.74) is 3.64. The molecule has 0 saturated heterocycles. The van der Waals surface area contributed by atoms with Gasteiger partial charge in [0.05, 0.1) is 13.7 Å². The summed E-state index contributed by atoms with van der Waals surface area (Å²) < 4.78 is 10.9. The molecule has 0 spiro atoms. The van der Waals surface area contributed by atoms with Crippen molar-refractivity contribution in [1.29, 1.82) is 0 Å². The van der Waals surface area contributed by atoms with E-state index >= 15 is 0 Å². The lowest BCUT2D eigenvalue weighted by molar-refractivity contribution is 0.310. The third-order valence-electron chi connectivity index (χ3n) is 3.39. The van der Waals surface area contributed by atoms with Gasteiger partial charge in [0.15, 0.2) is 11.5 Å². The van der Waals surface area contributed by atoms with Crippen molar-refractivity contribution < 1.29 is 9.47 Å². The van der Waals surface area contributed by atoms with E-state index in [4.69, 9.17) is 9.47 Å². The second kappa shape index (κ2) is 7.58. The van der Waals surface area contributed by atoms with Crippen LogP contribution in [0.4, 0.5) is 5.69 Å². The van der Waals surface area contributed by atoms with Crippen LogP contribution in [0.5, 0.6) is 11.5 Å². The quantitative estimate of drug-likeness (QED) is 0.824. The van der Waals surface area contributed by atoms with Crippen LogP contribution in [-0.2, 0) is 13.0 Å². The summed E-state index contributed by atoms with van der Waals surface area (Å²) in [4.78, 5) is 0. The molecule has 0 bridgehead atoms. The third-order valence-corrected chi connectivity index (χ3v) is 3.39. The molecule has 0 aliphatic rings. The Morgan fingerprint density at radius 3 is 2.24 bits per heavy atom. The minimum absolute atomic E-state index is 0.637. The Morgan fingerprint density at radius 2 is 1.62 bits per heavy atom.